The second-order valence-electron chi connectivity index (χ2n) is 1.87. The molecule has 1 rings (SSSR count). The summed E-state index contributed by atoms with van der Waals surface area (Å²) in [7, 11) is -1.83. The zero-order valence-electron chi connectivity index (χ0n) is 5.09. The summed E-state index contributed by atoms with van der Waals surface area (Å²) < 4.78 is 9.36. The third-order valence-electron chi connectivity index (χ3n) is 1.15. The SMILES string of the molecule is NP1(CCCl)=NCCO1. The molecule has 1 unspecified atom stereocenters. The maximum Gasteiger partial charge on any atom is 0.149 e. The minimum atomic E-state index is -1.83. The van der Waals surface area contributed by atoms with Gasteiger partial charge in [0.25, 0.3) is 0 Å². The van der Waals surface area contributed by atoms with Gasteiger partial charge in [0.15, 0.2) is 0 Å². The second kappa shape index (κ2) is 3.02. The van der Waals surface area contributed by atoms with Crippen molar-refractivity contribution in [1.82, 2.24) is 0 Å². The Hall–Kier alpha value is 0.440. The Labute approximate surface area is 59.7 Å². The Morgan fingerprint density at radius 1 is 1.78 bits per heavy atom. The van der Waals surface area contributed by atoms with E-state index in [2.05, 4.69) is 4.74 Å². The zero-order chi connectivity index (χ0) is 6.74. The van der Waals surface area contributed by atoms with E-state index in [1.165, 1.54) is 0 Å². The van der Waals surface area contributed by atoms with Crippen molar-refractivity contribution in [1.29, 1.82) is 0 Å². The van der Waals surface area contributed by atoms with Crippen molar-refractivity contribution >= 4 is 19.0 Å². The van der Waals surface area contributed by atoms with Gasteiger partial charge >= 0.3 is 0 Å². The van der Waals surface area contributed by atoms with Crippen LogP contribution in [0.5, 0.6) is 0 Å². The fourth-order valence-corrected chi connectivity index (χ4v) is 2.85. The highest BCUT2D eigenvalue weighted by atomic mass is 35.5. The average molecular weight is 169 g/mol. The molecule has 0 bridgehead atoms. The highest BCUT2D eigenvalue weighted by molar-refractivity contribution is 7.59. The lowest BCUT2D eigenvalue weighted by molar-refractivity contribution is 0.384. The highest BCUT2D eigenvalue weighted by Crippen LogP contribution is 2.44. The normalized spacial score (nSPS) is 34.4. The molecule has 0 spiro atoms. The molecule has 0 amide bonds. The Balaban J connectivity index is 2.50. The Morgan fingerprint density at radius 3 is 3.00 bits per heavy atom. The summed E-state index contributed by atoms with van der Waals surface area (Å²) in [6.07, 6.45) is 0.717. The molecule has 1 aliphatic rings. The molecule has 0 radical (unpaired) electrons. The molecular formula is C4H10ClN2OP. The van der Waals surface area contributed by atoms with Crippen LogP contribution in [0.15, 0.2) is 4.74 Å². The van der Waals surface area contributed by atoms with Crippen molar-refractivity contribution in [2.24, 2.45) is 10.2 Å². The summed E-state index contributed by atoms with van der Waals surface area (Å²) >= 11 is 5.48. The summed E-state index contributed by atoms with van der Waals surface area (Å²) in [4.78, 5) is 0. The predicted octanol–water partition coefficient (Wildman–Crippen LogP) is 1.25. The van der Waals surface area contributed by atoms with Crippen molar-refractivity contribution in [2.45, 2.75) is 0 Å². The second-order valence-corrected chi connectivity index (χ2v) is 4.74. The molecule has 1 heterocycles. The molecule has 0 aliphatic carbocycles. The van der Waals surface area contributed by atoms with Crippen LogP contribution < -0.4 is 5.50 Å². The van der Waals surface area contributed by atoms with E-state index >= 15 is 0 Å². The first-order chi connectivity index (χ1) is 4.27. The summed E-state index contributed by atoms with van der Waals surface area (Å²) in [6, 6.07) is 0. The lowest BCUT2D eigenvalue weighted by Crippen LogP contribution is -2.01. The number of alkyl halides is 1. The van der Waals surface area contributed by atoms with Crippen molar-refractivity contribution in [3.05, 3.63) is 0 Å². The molecule has 9 heavy (non-hydrogen) atoms. The number of halogens is 1. The topological polar surface area (TPSA) is 47.6 Å². The molecule has 0 saturated carbocycles. The minimum Gasteiger partial charge on any atom is -0.331 e. The standard InChI is InChI=1S/C4H10ClN2OP/c5-1-4-9(6)7-2-3-8-9/h1-4,6H2. The molecule has 0 aromatic heterocycles. The van der Waals surface area contributed by atoms with E-state index in [4.69, 9.17) is 21.6 Å². The fourth-order valence-electron chi connectivity index (χ4n) is 0.706. The zero-order valence-corrected chi connectivity index (χ0v) is 6.74. The van der Waals surface area contributed by atoms with E-state index in [1.807, 2.05) is 0 Å². The Morgan fingerprint density at radius 2 is 2.56 bits per heavy atom. The molecule has 2 N–H and O–H groups in total. The molecule has 0 saturated heterocycles. The fraction of sp³-hybridized carbons (Fsp3) is 1.00. The Kier molecular flexibility index (Phi) is 2.53. The van der Waals surface area contributed by atoms with Gasteiger partial charge in [-0.05, 0) is 0 Å². The maximum absolute atomic E-state index is 5.71. The lowest BCUT2D eigenvalue weighted by Gasteiger charge is -2.10. The third-order valence-corrected chi connectivity index (χ3v) is 3.78. The Bertz CT molecular complexity index is 150. The first-order valence-corrected chi connectivity index (χ1v) is 5.28. The number of hydrogen-bond donors (Lipinski definition) is 1. The average Bonchev–Trinajstić information content (AvgIpc) is 2.16. The van der Waals surface area contributed by atoms with Crippen molar-refractivity contribution in [2.75, 3.05) is 25.2 Å². The van der Waals surface area contributed by atoms with Crippen LogP contribution in [0.1, 0.15) is 0 Å². The molecule has 1 atom stereocenters. The van der Waals surface area contributed by atoms with Gasteiger partial charge in [-0.15, -0.1) is 11.6 Å². The van der Waals surface area contributed by atoms with Crippen LogP contribution in [0.25, 0.3) is 0 Å². The molecular weight excluding hydrogens is 158 g/mol. The van der Waals surface area contributed by atoms with Gasteiger partial charge in [-0.1, -0.05) is 0 Å². The lowest BCUT2D eigenvalue weighted by atomic mass is 10.8. The minimum absolute atomic E-state index is 0.549. The first kappa shape index (κ1) is 7.55. The summed E-state index contributed by atoms with van der Waals surface area (Å²) in [5.41, 5.74) is 5.71. The summed E-state index contributed by atoms with van der Waals surface area (Å²) in [5, 5.41) is 0. The van der Waals surface area contributed by atoms with Crippen LogP contribution in [-0.4, -0.2) is 25.2 Å². The van der Waals surface area contributed by atoms with Gasteiger partial charge in [0.05, 0.1) is 13.2 Å². The van der Waals surface area contributed by atoms with Crippen LogP contribution in [-0.2, 0) is 4.52 Å². The molecule has 3 nitrogen and oxygen atoms in total. The molecule has 54 valence electrons. The van der Waals surface area contributed by atoms with Gasteiger partial charge in [-0.25, -0.2) is 0 Å². The third kappa shape index (κ3) is 1.94. The predicted molar refractivity (Wildman–Crippen MR) is 39.9 cm³/mol. The van der Waals surface area contributed by atoms with E-state index in [1.54, 1.807) is 0 Å². The molecule has 5 heteroatoms. The molecule has 0 fully saturated rings. The van der Waals surface area contributed by atoms with Crippen molar-refractivity contribution in [3.63, 3.8) is 0 Å². The van der Waals surface area contributed by atoms with Gasteiger partial charge in [-0.2, -0.15) is 0 Å². The van der Waals surface area contributed by atoms with E-state index in [9.17, 15) is 0 Å². The van der Waals surface area contributed by atoms with Gasteiger partial charge in [0.2, 0.25) is 0 Å². The van der Waals surface area contributed by atoms with E-state index < -0.39 is 7.43 Å². The maximum atomic E-state index is 5.71. The largest absolute Gasteiger partial charge is 0.331 e. The van der Waals surface area contributed by atoms with Crippen LogP contribution >= 0.6 is 19.0 Å². The van der Waals surface area contributed by atoms with Gasteiger partial charge < -0.3 is 4.52 Å². The number of rotatable bonds is 2. The van der Waals surface area contributed by atoms with Crippen molar-refractivity contribution < 1.29 is 4.52 Å². The van der Waals surface area contributed by atoms with Crippen molar-refractivity contribution in [3.8, 4) is 0 Å². The van der Waals surface area contributed by atoms with Crippen LogP contribution in [0.2, 0.25) is 0 Å². The number of nitrogens with zero attached hydrogens (tertiary/aromatic N) is 1. The van der Waals surface area contributed by atoms with Gasteiger partial charge in [-0.3, -0.25) is 10.2 Å². The molecule has 0 aromatic rings. The molecule has 0 aromatic carbocycles. The monoisotopic (exact) mass is 168 g/mol. The van der Waals surface area contributed by atoms with E-state index in [0.29, 0.717) is 18.6 Å². The summed E-state index contributed by atoms with van der Waals surface area (Å²) in [5.74, 6) is 0.549. The van der Waals surface area contributed by atoms with Crippen LogP contribution in [0, 0.1) is 0 Å². The van der Waals surface area contributed by atoms with Gasteiger partial charge in [0.1, 0.15) is 7.43 Å². The summed E-state index contributed by atoms with van der Waals surface area (Å²) in [6.45, 7) is 1.43. The van der Waals surface area contributed by atoms with E-state index in [-0.39, 0.29) is 0 Å². The van der Waals surface area contributed by atoms with Crippen LogP contribution in [0.3, 0.4) is 0 Å². The quantitative estimate of drug-likeness (QED) is 0.498. The molecule has 1 aliphatic heterocycles. The van der Waals surface area contributed by atoms with Crippen LogP contribution in [0.4, 0.5) is 0 Å². The van der Waals surface area contributed by atoms with Gasteiger partial charge in [0, 0.05) is 12.0 Å². The first-order valence-electron chi connectivity index (χ1n) is 2.83. The number of nitrogens with two attached hydrogens (primary N) is 1. The number of hydrogen-bond acceptors (Lipinski definition) is 3. The highest BCUT2D eigenvalue weighted by Gasteiger charge is 2.17. The van der Waals surface area contributed by atoms with E-state index in [0.717, 1.165) is 6.54 Å². The smallest absolute Gasteiger partial charge is 0.149 e.